The molecule has 1 unspecified atom stereocenters. The lowest BCUT2D eigenvalue weighted by Crippen LogP contribution is -2.18. The lowest BCUT2D eigenvalue weighted by Gasteiger charge is -2.09. The molecular weight excluding hydrogens is 282 g/mol. The molecule has 1 aromatic heterocycles. The van der Waals surface area contributed by atoms with Crippen molar-refractivity contribution in [3.05, 3.63) is 46.0 Å². The van der Waals surface area contributed by atoms with Crippen LogP contribution in [0.2, 0.25) is 0 Å². The number of hydrogen-bond acceptors (Lipinski definition) is 4. The second-order valence-corrected chi connectivity index (χ2v) is 5.92. The molecule has 0 spiro atoms. The Balaban J connectivity index is 2.11. The van der Waals surface area contributed by atoms with Crippen molar-refractivity contribution >= 4 is 22.4 Å². The summed E-state index contributed by atoms with van der Waals surface area (Å²) < 4.78 is 0. The normalized spacial score (nSPS) is 12.2. The van der Waals surface area contributed by atoms with E-state index in [-0.39, 0.29) is 11.9 Å². The Morgan fingerprint density at radius 3 is 2.86 bits per heavy atom. The fraction of sp³-hybridized carbons (Fsp3) is 0.375. The largest absolute Gasteiger partial charge is 0.309 e. The van der Waals surface area contributed by atoms with Crippen molar-refractivity contribution in [1.82, 2.24) is 10.3 Å². The fourth-order valence-corrected chi connectivity index (χ4v) is 2.91. The van der Waals surface area contributed by atoms with Crippen LogP contribution in [0.3, 0.4) is 0 Å². The van der Waals surface area contributed by atoms with Gasteiger partial charge in [0.2, 0.25) is 0 Å². The molecule has 5 heteroatoms. The summed E-state index contributed by atoms with van der Waals surface area (Å²) in [6.07, 6.45) is 0. The smallest absolute Gasteiger partial charge is 0.257 e. The Bertz CT molecular complexity index is 636. The molecule has 0 aliphatic carbocycles. The SMILES string of the molecule is CCNC(C)c1csc(NC(=O)c2cccc(C)c2C)n1. The molecule has 0 saturated carbocycles. The first-order valence-electron chi connectivity index (χ1n) is 7.09. The second kappa shape index (κ2) is 6.83. The molecule has 1 aromatic carbocycles. The zero-order chi connectivity index (χ0) is 15.4. The predicted octanol–water partition coefficient (Wildman–Crippen LogP) is 3.68. The van der Waals surface area contributed by atoms with Gasteiger partial charge in [-0.25, -0.2) is 4.98 Å². The van der Waals surface area contributed by atoms with Crippen LogP contribution < -0.4 is 10.6 Å². The first-order chi connectivity index (χ1) is 10.0. The number of aryl methyl sites for hydroxylation is 1. The first-order valence-corrected chi connectivity index (χ1v) is 7.97. The number of nitrogens with zero attached hydrogens (tertiary/aromatic N) is 1. The highest BCUT2D eigenvalue weighted by atomic mass is 32.1. The zero-order valence-electron chi connectivity index (χ0n) is 12.9. The molecule has 4 nitrogen and oxygen atoms in total. The lowest BCUT2D eigenvalue weighted by molar-refractivity contribution is 0.102. The number of carbonyl (C=O) groups excluding carboxylic acids is 1. The Kier molecular flexibility index (Phi) is 5.09. The van der Waals surface area contributed by atoms with Crippen molar-refractivity contribution < 1.29 is 4.79 Å². The van der Waals surface area contributed by atoms with E-state index in [0.717, 1.165) is 23.4 Å². The molecule has 0 saturated heterocycles. The monoisotopic (exact) mass is 303 g/mol. The van der Waals surface area contributed by atoms with Crippen LogP contribution in [0, 0.1) is 13.8 Å². The van der Waals surface area contributed by atoms with Crippen molar-refractivity contribution in [2.75, 3.05) is 11.9 Å². The maximum atomic E-state index is 12.3. The number of rotatable bonds is 5. The van der Waals surface area contributed by atoms with Crippen LogP contribution in [-0.4, -0.2) is 17.4 Å². The second-order valence-electron chi connectivity index (χ2n) is 5.06. The standard InChI is InChI=1S/C16H21N3OS/c1-5-17-12(4)14-9-21-16(18-14)19-15(20)13-8-6-7-10(2)11(13)3/h6-9,12,17H,5H2,1-4H3,(H,18,19,20). The number of nitrogens with one attached hydrogen (secondary N) is 2. The van der Waals surface area contributed by atoms with Crippen LogP contribution in [0.15, 0.2) is 23.6 Å². The molecule has 0 radical (unpaired) electrons. The van der Waals surface area contributed by atoms with Crippen LogP contribution in [0.4, 0.5) is 5.13 Å². The maximum absolute atomic E-state index is 12.3. The number of hydrogen-bond donors (Lipinski definition) is 2. The molecule has 112 valence electrons. The van der Waals surface area contributed by atoms with Gasteiger partial charge in [-0.2, -0.15) is 0 Å². The van der Waals surface area contributed by atoms with E-state index in [1.165, 1.54) is 11.3 Å². The van der Waals surface area contributed by atoms with E-state index in [2.05, 4.69) is 29.5 Å². The highest BCUT2D eigenvalue weighted by Crippen LogP contribution is 2.22. The van der Waals surface area contributed by atoms with E-state index in [4.69, 9.17) is 0 Å². The topological polar surface area (TPSA) is 54.0 Å². The summed E-state index contributed by atoms with van der Waals surface area (Å²) in [5.41, 5.74) is 3.78. The van der Waals surface area contributed by atoms with Gasteiger partial charge in [-0.1, -0.05) is 19.1 Å². The first kappa shape index (κ1) is 15.7. The van der Waals surface area contributed by atoms with Crippen molar-refractivity contribution in [1.29, 1.82) is 0 Å². The van der Waals surface area contributed by atoms with Gasteiger partial charge >= 0.3 is 0 Å². The van der Waals surface area contributed by atoms with E-state index >= 15 is 0 Å². The van der Waals surface area contributed by atoms with Crippen LogP contribution >= 0.6 is 11.3 Å². The van der Waals surface area contributed by atoms with E-state index in [1.807, 2.05) is 37.4 Å². The summed E-state index contributed by atoms with van der Waals surface area (Å²) >= 11 is 1.45. The number of benzene rings is 1. The number of thiazole rings is 1. The molecule has 0 aliphatic heterocycles. The Morgan fingerprint density at radius 1 is 1.38 bits per heavy atom. The molecule has 0 fully saturated rings. The molecule has 21 heavy (non-hydrogen) atoms. The average molecular weight is 303 g/mol. The van der Waals surface area contributed by atoms with Gasteiger partial charge in [0.1, 0.15) is 0 Å². The summed E-state index contributed by atoms with van der Waals surface area (Å²) in [5, 5.41) is 8.81. The molecule has 1 amide bonds. The van der Waals surface area contributed by atoms with E-state index in [1.54, 1.807) is 0 Å². The van der Waals surface area contributed by atoms with Gasteiger partial charge in [0.25, 0.3) is 5.91 Å². The third-order valence-corrected chi connectivity index (χ3v) is 4.32. The summed E-state index contributed by atoms with van der Waals surface area (Å²) in [7, 11) is 0. The molecule has 1 heterocycles. The molecule has 0 aliphatic rings. The lowest BCUT2D eigenvalue weighted by atomic mass is 10.0. The zero-order valence-corrected chi connectivity index (χ0v) is 13.7. The molecular formula is C16H21N3OS. The average Bonchev–Trinajstić information content (AvgIpc) is 2.90. The van der Waals surface area contributed by atoms with Gasteiger partial charge in [-0.15, -0.1) is 11.3 Å². The van der Waals surface area contributed by atoms with Crippen molar-refractivity contribution in [3.63, 3.8) is 0 Å². The summed E-state index contributed by atoms with van der Waals surface area (Å²) in [6.45, 7) is 8.99. The number of amides is 1. The van der Waals surface area contributed by atoms with E-state index in [0.29, 0.717) is 10.7 Å². The van der Waals surface area contributed by atoms with Crippen LogP contribution in [0.1, 0.15) is 47.1 Å². The number of aromatic nitrogens is 1. The van der Waals surface area contributed by atoms with Gasteiger partial charge in [0.05, 0.1) is 5.69 Å². The van der Waals surface area contributed by atoms with Gasteiger partial charge in [-0.05, 0) is 44.5 Å². The van der Waals surface area contributed by atoms with E-state index in [9.17, 15) is 4.79 Å². The van der Waals surface area contributed by atoms with Gasteiger partial charge in [0.15, 0.2) is 5.13 Å². The highest BCUT2D eigenvalue weighted by Gasteiger charge is 2.14. The third kappa shape index (κ3) is 3.68. The minimum absolute atomic E-state index is 0.104. The molecule has 2 rings (SSSR count). The quantitative estimate of drug-likeness (QED) is 0.886. The molecule has 1 atom stereocenters. The minimum atomic E-state index is -0.104. The molecule has 2 N–H and O–H groups in total. The Labute approximate surface area is 129 Å². The highest BCUT2D eigenvalue weighted by molar-refractivity contribution is 7.14. The van der Waals surface area contributed by atoms with Gasteiger partial charge in [0, 0.05) is 17.0 Å². The van der Waals surface area contributed by atoms with Crippen LogP contribution in [0.25, 0.3) is 0 Å². The molecule has 2 aromatic rings. The summed E-state index contributed by atoms with van der Waals surface area (Å²) in [4.78, 5) is 16.8. The predicted molar refractivity (Wildman–Crippen MR) is 88.1 cm³/mol. The summed E-state index contributed by atoms with van der Waals surface area (Å²) in [6, 6.07) is 5.94. The fourth-order valence-electron chi connectivity index (χ4n) is 2.11. The van der Waals surface area contributed by atoms with Crippen LogP contribution in [0.5, 0.6) is 0 Å². The number of carbonyl (C=O) groups is 1. The third-order valence-electron chi connectivity index (χ3n) is 3.55. The Hall–Kier alpha value is -1.72. The van der Waals surface area contributed by atoms with Gasteiger partial charge < -0.3 is 5.32 Å². The minimum Gasteiger partial charge on any atom is -0.309 e. The summed E-state index contributed by atoms with van der Waals surface area (Å²) in [5.74, 6) is -0.104. The van der Waals surface area contributed by atoms with E-state index < -0.39 is 0 Å². The van der Waals surface area contributed by atoms with Crippen molar-refractivity contribution in [2.45, 2.75) is 33.7 Å². The van der Waals surface area contributed by atoms with Crippen molar-refractivity contribution in [2.24, 2.45) is 0 Å². The maximum Gasteiger partial charge on any atom is 0.257 e. The molecule has 0 bridgehead atoms. The van der Waals surface area contributed by atoms with Crippen molar-refractivity contribution in [3.8, 4) is 0 Å². The van der Waals surface area contributed by atoms with Crippen LogP contribution in [-0.2, 0) is 0 Å². The number of anilines is 1. The van der Waals surface area contributed by atoms with Gasteiger partial charge in [-0.3, -0.25) is 10.1 Å². The Morgan fingerprint density at radius 2 is 2.14 bits per heavy atom.